The lowest BCUT2D eigenvalue weighted by molar-refractivity contribution is 0.102. The molecule has 7 heteroatoms. The first-order valence-corrected chi connectivity index (χ1v) is 6.53. The highest BCUT2D eigenvalue weighted by atomic mass is 16.5. The maximum absolute atomic E-state index is 12.3. The van der Waals surface area contributed by atoms with E-state index in [2.05, 4.69) is 25.5 Å². The minimum absolute atomic E-state index is 0.301. The maximum atomic E-state index is 12.3. The van der Waals surface area contributed by atoms with Crippen molar-refractivity contribution in [3.63, 3.8) is 0 Å². The number of amides is 1. The van der Waals surface area contributed by atoms with Crippen molar-refractivity contribution in [2.75, 3.05) is 12.4 Å². The van der Waals surface area contributed by atoms with Gasteiger partial charge >= 0.3 is 0 Å². The van der Waals surface area contributed by atoms with Crippen LogP contribution in [-0.4, -0.2) is 33.2 Å². The minimum Gasteiger partial charge on any atom is -0.495 e. The van der Waals surface area contributed by atoms with E-state index in [1.807, 2.05) is 18.2 Å². The van der Waals surface area contributed by atoms with Gasteiger partial charge in [0.2, 0.25) is 0 Å². The number of nitrogens with one attached hydrogen (secondary N) is 2. The van der Waals surface area contributed by atoms with Crippen LogP contribution in [0.2, 0.25) is 0 Å². The van der Waals surface area contributed by atoms with E-state index < -0.39 is 0 Å². The Morgan fingerprint density at radius 3 is 2.95 bits per heavy atom. The van der Waals surface area contributed by atoms with E-state index in [-0.39, 0.29) is 5.91 Å². The summed E-state index contributed by atoms with van der Waals surface area (Å²) < 4.78 is 5.06. The zero-order valence-corrected chi connectivity index (χ0v) is 11.8. The smallest absolute Gasteiger partial charge is 0.257 e. The lowest BCUT2D eigenvalue weighted by Crippen LogP contribution is -2.12. The fourth-order valence-corrected chi connectivity index (χ4v) is 1.94. The summed E-state index contributed by atoms with van der Waals surface area (Å²) >= 11 is 0. The Morgan fingerprint density at radius 1 is 1.27 bits per heavy atom. The van der Waals surface area contributed by atoms with E-state index in [1.165, 1.54) is 25.7 Å². The van der Waals surface area contributed by atoms with Gasteiger partial charge in [-0.15, -0.1) is 0 Å². The first-order chi connectivity index (χ1) is 10.8. The maximum Gasteiger partial charge on any atom is 0.257 e. The van der Waals surface area contributed by atoms with Gasteiger partial charge in [0.25, 0.3) is 5.91 Å². The molecule has 3 aromatic heterocycles. The van der Waals surface area contributed by atoms with E-state index in [9.17, 15) is 4.79 Å². The van der Waals surface area contributed by atoms with E-state index in [4.69, 9.17) is 4.74 Å². The number of pyridine rings is 2. The largest absolute Gasteiger partial charge is 0.495 e. The molecule has 0 radical (unpaired) electrons. The number of H-pyrrole nitrogens is 1. The predicted molar refractivity (Wildman–Crippen MR) is 80.6 cm³/mol. The number of aromatic nitrogens is 4. The molecule has 0 saturated heterocycles. The highest BCUT2D eigenvalue weighted by Crippen LogP contribution is 2.23. The third kappa shape index (κ3) is 2.78. The van der Waals surface area contributed by atoms with Gasteiger partial charge in [-0.2, -0.15) is 5.10 Å². The van der Waals surface area contributed by atoms with Gasteiger partial charge in [-0.25, -0.2) is 0 Å². The lowest BCUT2D eigenvalue weighted by atomic mass is 10.2. The van der Waals surface area contributed by atoms with Crippen LogP contribution in [0.5, 0.6) is 5.75 Å². The molecule has 1 amide bonds. The Balaban J connectivity index is 1.85. The molecule has 0 bridgehead atoms. The van der Waals surface area contributed by atoms with Crippen LogP contribution in [0.1, 0.15) is 10.4 Å². The topological polar surface area (TPSA) is 92.8 Å². The summed E-state index contributed by atoms with van der Waals surface area (Å²) in [5.74, 6) is 0.217. The summed E-state index contributed by atoms with van der Waals surface area (Å²) in [6, 6.07) is 7.12. The highest BCUT2D eigenvalue weighted by molar-refractivity contribution is 6.05. The van der Waals surface area contributed by atoms with Gasteiger partial charge in [-0.05, 0) is 18.2 Å². The monoisotopic (exact) mass is 295 g/mol. The van der Waals surface area contributed by atoms with Crippen molar-refractivity contribution in [2.24, 2.45) is 0 Å². The third-order valence-corrected chi connectivity index (χ3v) is 3.02. The zero-order valence-electron chi connectivity index (χ0n) is 11.8. The second kappa shape index (κ2) is 6.04. The molecule has 0 saturated carbocycles. The molecule has 7 nitrogen and oxygen atoms in total. The quantitative estimate of drug-likeness (QED) is 0.769. The Bertz CT molecular complexity index is 785. The molecule has 0 unspecified atom stereocenters. The standard InChI is InChI=1S/C15H13N5O2/c1-22-11-6-10(7-16-8-11)15(21)19-13-9-18-20-14(13)12-4-2-3-5-17-12/h2-9H,1H3,(H,18,20)(H,19,21). The molecular weight excluding hydrogens is 282 g/mol. The number of carbonyl (C=O) groups is 1. The molecule has 110 valence electrons. The Labute approximate surface area is 126 Å². The molecule has 3 heterocycles. The molecule has 0 aliphatic carbocycles. The molecule has 0 aromatic carbocycles. The third-order valence-electron chi connectivity index (χ3n) is 3.02. The lowest BCUT2D eigenvalue weighted by Gasteiger charge is -2.06. The van der Waals surface area contributed by atoms with Gasteiger partial charge < -0.3 is 10.1 Å². The van der Waals surface area contributed by atoms with Crippen LogP contribution in [0.4, 0.5) is 5.69 Å². The van der Waals surface area contributed by atoms with Crippen LogP contribution in [0.3, 0.4) is 0 Å². The van der Waals surface area contributed by atoms with Gasteiger partial charge in [0.1, 0.15) is 11.4 Å². The molecule has 0 fully saturated rings. The average Bonchev–Trinajstić information content (AvgIpc) is 3.04. The first-order valence-electron chi connectivity index (χ1n) is 6.53. The number of hydrogen-bond acceptors (Lipinski definition) is 5. The van der Waals surface area contributed by atoms with Crippen LogP contribution in [0.25, 0.3) is 11.4 Å². The average molecular weight is 295 g/mol. The van der Waals surface area contributed by atoms with Gasteiger partial charge in [0.15, 0.2) is 0 Å². The number of methoxy groups -OCH3 is 1. The van der Waals surface area contributed by atoms with Crippen LogP contribution in [-0.2, 0) is 0 Å². The van der Waals surface area contributed by atoms with Gasteiger partial charge in [-0.1, -0.05) is 6.07 Å². The molecule has 22 heavy (non-hydrogen) atoms. The fourth-order valence-electron chi connectivity index (χ4n) is 1.94. The van der Waals surface area contributed by atoms with E-state index in [1.54, 1.807) is 12.3 Å². The summed E-state index contributed by atoms with van der Waals surface area (Å²) in [7, 11) is 1.52. The van der Waals surface area contributed by atoms with Crippen molar-refractivity contribution in [3.8, 4) is 17.1 Å². The summed E-state index contributed by atoms with van der Waals surface area (Å²) in [6.07, 6.45) is 6.22. The van der Waals surface area contributed by atoms with E-state index >= 15 is 0 Å². The van der Waals surface area contributed by atoms with Gasteiger partial charge in [0.05, 0.1) is 36.4 Å². The summed E-state index contributed by atoms with van der Waals surface area (Å²) in [6.45, 7) is 0. The van der Waals surface area contributed by atoms with Gasteiger partial charge in [-0.3, -0.25) is 19.9 Å². The van der Waals surface area contributed by atoms with Crippen molar-refractivity contribution in [3.05, 3.63) is 54.6 Å². The number of nitrogens with zero attached hydrogens (tertiary/aromatic N) is 3. The fraction of sp³-hybridized carbons (Fsp3) is 0.0667. The van der Waals surface area contributed by atoms with Crippen molar-refractivity contribution < 1.29 is 9.53 Å². The Morgan fingerprint density at radius 2 is 2.18 bits per heavy atom. The summed E-state index contributed by atoms with van der Waals surface area (Å²) in [5, 5.41) is 9.58. The molecule has 2 N–H and O–H groups in total. The van der Waals surface area contributed by atoms with Crippen LogP contribution in [0.15, 0.2) is 49.1 Å². The first kappa shape index (κ1) is 13.7. The van der Waals surface area contributed by atoms with Crippen molar-refractivity contribution >= 4 is 11.6 Å². The molecule has 3 rings (SSSR count). The highest BCUT2D eigenvalue weighted by Gasteiger charge is 2.13. The number of anilines is 1. The normalized spacial score (nSPS) is 10.2. The van der Waals surface area contributed by atoms with E-state index in [0.29, 0.717) is 28.4 Å². The SMILES string of the molecule is COc1cncc(C(=O)Nc2cn[nH]c2-c2ccccn2)c1. The second-order valence-corrected chi connectivity index (χ2v) is 4.44. The number of ether oxygens (including phenoxy) is 1. The molecule has 0 aliphatic heterocycles. The predicted octanol–water partition coefficient (Wildman–Crippen LogP) is 2.13. The van der Waals surface area contributed by atoms with Crippen LogP contribution < -0.4 is 10.1 Å². The van der Waals surface area contributed by atoms with Crippen molar-refractivity contribution in [2.45, 2.75) is 0 Å². The number of hydrogen-bond donors (Lipinski definition) is 2. The molecule has 0 aliphatic rings. The number of rotatable bonds is 4. The van der Waals surface area contributed by atoms with E-state index in [0.717, 1.165) is 0 Å². The minimum atomic E-state index is -0.301. The molecule has 3 aromatic rings. The molecular formula is C15H13N5O2. The number of aromatic amines is 1. The van der Waals surface area contributed by atoms with Crippen LogP contribution in [0, 0.1) is 0 Å². The second-order valence-electron chi connectivity index (χ2n) is 4.44. The summed E-state index contributed by atoms with van der Waals surface area (Å²) in [4.78, 5) is 20.5. The van der Waals surface area contributed by atoms with Crippen molar-refractivity contribution in [1.82, 2.24) is 20.2 Å². The van der Waals surface area contributed by atoms with Crippen LogP contribution >= 0.6 is 0 Å². The van der Waals surface area contributed by atoms with Crippen molar-refractivity contribution in [1.29, 1.82) is 0 Å². The Kier molecular flexibility index (Phi) is 3.78. The Hall–Kier alpha value is -3.22. The molecule has 0 spiro atoms. The molecule has 0 atom stereocenters. The van der Waals surface area contributed by atoms with Gasteiger partial charge in [0, 0.05) is 12.4 Å². The summed E-state index contributed by atoms with van der Waals surface area (Å²) in [5.41, 5.74) is 2.28. The number of carbonyl (C=O) groups excluding carboxylic acids is 1. The zero-order chi connectivity index (χ0) is 15.4.